The molecule has 2 heterocycles. The maximum Gasteiger partial charge on any atom is 0.258 e. The van der Waals surface area contributed by atoms with Gasteiger partial charge in [-0.25, -0.2) is 0 Å². The topological polar surface area (TPSA) is 82.6 Å². The molecular formula is C26H33N3O3. The first-order valence-electron chi connectivity index (χ1n) is 11.1. The summed E-state index contributed by atoms with van der Waals surface area (Å²) < 4.78 is 5.26. The minimum atomic E-state index is -1.22. The van der Waals surface area contributed by atoms with E-state index in [0.29, 0.717) is 11.7 Å². The third kappa shape index (κ3) is 3.76. The Labute approximate surface area is 189 Å². The van der Waals surface area contributed by atoms with Crippen molar-refractivity contribution in [3.8, 4) is 11.4 Å². The Balaban J connectivity index is 1.80. The fraction of sp³-hybridized carbons (Fsp3) is 0.462. The molecule has 0 aliphatic carbocycles. The van der Waals surface area contributed by atoms with Crippen LogP contribution in [0.25, 0.3) is 11.4 Å². The molecule has 32 heavy (non-hydrogen) atoms. The molecule has 1 atom stereocenters. The third-order valence-corrected chi connectivity index (χ3v) is 6.59. The Kier molecular flexibility index (Phi) is 5.52. The van der Waals surface area contributed by atoms with Gasteiger partial charge in [0.25, 0.3) is 5.89 Å². The first kappa shape index (κ1) is 22.6. The van der Waals surface area contributed by atoms with Gasteiger partial charge in [-0.15, -0.1) is 0 Å². The number of aromatic nitrogens is 2. The molecule has 2 aromatic carbocycles. The predicted octanol–water partition coefficient (Wildman–Crippen LogP) is 4.28. The molecule has 0 saturated carbocycles. The molecule has 6 heteroatoms. The average molecular weight is 436 g/mol. The minimum absolute atomic E-state index is 0.157. The van der Waals surface area contributed by atoms with Gasteiger partial charge in [0.1, 0.15) is 11.2 Å². The van der Waals surface area contributed by atoms with Gasteiger partial charge in [0.2, 0.25) is 5.82 Å². The largest absolute Gasteiger partial charge is 0.381 e. The van der Waals surface area contributed by atoms with E-state index in [1.54, 1.807) is 13.8 Å². The van der Waals surface area contributed by atoms with Gasteiger partial charge in [-0.2, -0.15) is 4.98 Å². The van der Waals surface area contributed by atoms with Crippen molar-refractivity contribution in [2.75, 3.05) is 20.1 Å². The molecule has 0 unspecified atom stereocenters. The van der Waals surface area contributed by atoms with E-state index in [1.807, 2.05) is 36.4 Å². The molecule has 1 saturated heterocycles. The highest BCUT2D eigenvalue weighted by atomic mass is 16.5. The van der Waals surface area contributed by atoms with Gasteiger partial charge in [-0.1, -0.05) is 68.4 Å². The molecular weight excluding hydrogens is 402 g/mol. The number of hydrogen-bond donors (Lipinski definition) is 2. The van der Waals surface area contributed by atoms with Gasteiger partial charge >= 0.3 is 0 Å². The van der Waals surface area contributed by atoms with Crippen LogP contribution in [0.4, 0.5) is 0 Å². The SMILES string of the molecule is CC(C)c1ccc([C@](O)(c2cccc(-c3noc(C(C)(C)O)n3)c2)C2(C)CN(C)C2)cc1. The normalized spacial score (nSPS) is 18.4. The quantitative estimate of drug-likeness (QED) is 0.602. The summed E-state index contributed by atoms with van der Waals surface area (Å²) in [5.74, 6) is 0.969. The third-order valence-electron chi connectivity index (χ3n) is 6.59. The van der Waals surface area contributed by atoms with Crippen LogP contribution in [0.2, 0.25) is 0 Å². The van der Waals surface area contributed by atoms with Crippen molar-refractivity contribution in [1.29, 1.82) is 0 Å². The Hall–Kier alpha value is -2.54. The van der Waals surface area contributed by atoms with E-state index in [1.165, 1.54) is 5.56 Å². The smallest absolute Gasteiger partial charge is 0.258 e. The highest BCUT2D eigenvalue weighted by molar-refractivity contribution is 5.58. The lowest BCUT2D eigenvalue weighted by Crippen LogP contribution is -2.63. The fourth-order valence-electron chi connectivity index (χ4n) is 4.82. The van der Waals surface area contributed by atoms with Crippen LogP contribution in [0, 0.1) is 5.41 Å². The molecule has 2 N–H and O–H groups in total. The fourth-order valence-corrected chi connectivity index (χ4v) is 4.82. The first-order chi connectivity index (χ1) is 14.9. The van der Waals surface area contributed by atoms with Crippen LogP contribution in [0.3, 0.4) is 0 Å². The van der Waals surface area contributed by atoms with Crippen LogP contribution >= 0.6 is 0 Å². The van der Waals surface area contributed by atoms with Gasteiger partial charge in [0.05, 0.1) is 0 Å². The summed E-state index contributed by atoms with van der Waals surface area (Å²) >= 11 is 0. The molecule has 0 radical (unpaired) electrons. The molecule has 1 aromatic heterocycles. The zero-order valence-electron chi connectivity index (χ0n) is 19.8. The van der Waals surface area contributed by atoms with E-state index in [9.17, 15) is 10.2 Å². The summed E-state index contributed by atoms with van der Waals surface area (Å²) in [6.45, 7) is 11.2. The Morgan fingerprint density at radius 1 is 1.03 bits per heavy atom. The Bertz CT molecular complexity index is 1090. The molecule has 170 valence electrons. The van der Waals surface area contributed by atoms with E-state index < -0.39 is 11.2 Å². The van der Waals surface area contributed by atoms with Crippen LogP contribution in [-0.2, 0) is 11.2 Å². The number of likely N-dealkylation sites (tertiary alicyclic amines) is 1. The van der Waals surface area contributed by atoms with E-state index in [0.717, 1.165) is 29.8 Å². The van der Waals surface area contributed by atoms with Crippen molar-refractivity contribution in [3.05, 3.63) is 71.1 Å². The Morgan fingerprint density at radius 3 is 2.22 bits per heavy atom. The number of nitrogens with zero attached hydrogens (tertiary/aromatic N) is 3. The van der Waals surface area contributed by atoms with Crippen molar-refractivity contribution in [1.82, 2.24) is 15.0 Å². The molecule has 0 spiro atoms. The molecule has 4 rings (SSSR count). The number of hydrogen-bond acceptors (Lipinski definition) is 6. The standard InChI is InChI=1S/C26H33N3O3/c1-17(2)18-10-12-20(13-11-18)26(31,25(5)15-29(6)16-25)21-9-7-8-19(14-21)22-27-23(32-28-22)24(3,4)30/h7-14,17,30-31H,15-16H2,1-6H3/t26-/m0/s1. The predicted molar refractivity (Wildman–Crippen MR) is 124 cm³/mol. The van der Waals surface area contributed by atoms with Crippen LogP contribution in [-0.4, -0.2) is 45.4 Å². The van der Waals surface area contributed by atoms with Crippen molar-refractivity contribution < 1.29 is 14.7 Å². The summed E-state index contributed by atoms with van der Waals surface area (Å²) in [7, 11) is 2.07. The van der Waals surface area contributed by atoms with Crippen molar-refractivity contribution in [2.24, 2.45) is 5.41 Å². The van der Waals surface area contributed by atoms with Crippen molar-refractivity contribution >= 4 is 0 Å². The summed E-state index contributed by atoms with van der Waals surface area (Å²) in [6.07, 6.45) is 0. The van der Waals surface area contributed by atoms with Crippen molar-refractivity contribution in [3.63, 3.8) is 0 Å². The van der Waals surface area contributed by atoms with Crippen LogP contribution in [0.1, 0.15) is 63.1 Å². The highest BCUT2D eigenvalue weighted by Gasteiger charge is 2.55. The van der Waals surface area contributed by atoms with Crippen LogP contribution < -0.4 is 0 Å². The van der Waals surface area contributed by atoms with Crippen LogP contribution in [0.5, 0.6) is 0 Å². The molecule has 1 aliphatic rings. The van der Waals surface area contributed by atoms with E-state index in [-0.39, 0.29) is 11.3 Å². The lowest BCUT2D eigenvalue weighted by Gasteiger charge is -2.56. The molecule has 1 fully saturated rings. The monoisotopic (exact) mass is 435 g/mol. The molecule has 0 amide bonds. The number of rotatable bonds is 6. The average Bonchev–Trinajstić information content (AvgIpc) is 3.23. The van der Waals surface area contributed by atoms with E-state index >= 15 is 0 Å². The number of aliphatic hydroxyl groups is 2. The summed E-state index contributed by atoms with van der Waals surface area (Å²) in [6, 6.07) is 16.0. The molecule has 0 bridgehead atoms. The van der Waals surface area contributed by atoms with Gasteiger partial charge in [-0.05, 0) is 49.6 Å². The first-order valence-corrected chi connectivity index (χ1v) is 11.1. The van der Waals surface area contributed by atoms with E-state index in [4.69, 9.17) is 4.52 Å². The summed E-state index contributed by atoms with van der Waals surface area (Å²) in [5.41, 5.74) is 0.883. The maximum absolute atomic E-state index is 12.4. The molecule has 6 nitrogen and oxygen atoms in total. The summed E-state index contributed by atoms with van der Waals surface area (Å²) in [4.78, 5) is 6.58. The minimum Gasteiger partial charge on any atom is -0.381 e. The summed E-state index contributed by atoms with van der Waals surface area (Å²) in [5, 5.41) is 26.6. The van der Waals surface area contributed by atoms with Gasteiger partial charge in [0.15, 0.2) is 0 Å². The van der Waals surface area contributed by atoms with Gasteiger partial charge < -0.3 is 19.6 Å². The lowest BCUT2D eigenvalue weighted by molar-refractivity contribution is -0.127. The second-order valence-electron chi connectivity index (χ2n) is 10.3. The number of benzene rings is 2. The second-order valence-corrected chi connectivity index (χ2v) is 10.3. The van der Waals surface area contributed by atoms with E-state index in [2.05, 4.69) is 55.0 Å². The zero-order valence-corrected chi connectivity index (χ0v) is 19.8. The van der Waals surface area contributed by atoms with Gasteiger partial charge in [0, 0.05) is 24.1 Å². The van der Waals surface area contributed by atoms with Crippen LogP contribution in [0.15, 0.2) is 53.1 Å². The van der Waals surface area contributed by atoms with Gasteiger partial charge in [-0.3, -0.25) is 0 Å². The second kappa shape index (κ2) is 7.80. The zero-order chi connectivity index (χ0) is 23.3. The lowest BCUT2D eigenvalue weighted by atomic mass is 9.62. The maximum atomic E-state index is 12.4. The van der Waals surface area contributed by atoms with Crippen molar-refractivity contribution in [2.45, 2.75) is 51.7 Å². The highest BCUT2D eigenvalue weighted by Crippen LogP contribution is 2.50. The molecule has 1 aliphatic heterocycles. The Morgan fingerprint density at radius 2 is 1.69 bits per heavy atom. The molecule has 3 aromatic rings.